The van der Waals surface area contributed by atoms with E-state index in [1.54, 1.807) is 6.07 Å². The fourth-order valence-electron chi connectivity index (χ4n) is 1.27. The van der Waals surface area contributed by atoms with Crippen molar-refractivity contribution >= 4 is 5.69 Å². The summed E-state index contributed by atoms with van der Waals surface area (Å²) in [5.74, 6) is 0. The molecule has 0 aromatic heterocycles. The first kappa shape index (κ1) is 6.72. The Balaban J connectivity index is 2.58. The van der Waals surface area contributed by atoms with E-state index in [-0.39, 0.29) is 0 Å². The zero-order valence-corrected chi connectivity index (χ0v) is 7.20. The minimum Gasteiger partial charge on any atom is -0.399 e. The van der Waals surface area contributed by atoms with Crippen LogP contribution >= 0.6 is 0 Å². The molecule has 0 aliphatic rings. The maximum atomic E-state index is 7.81. The first-order chi connectivity index (χ1) is 6.79. The molecule has 0 aliphatic heterocycles. The van der Waals surface area contributed by atoms with Crippen LogP contribution in [-0.2, 0) is 0 Å². The predicted octanol–water partition coefficient (Wildman–Crippen LogP) is 2.94. The van der Waals surface area contributed by atoms with Gasteiger partial charge in [-0.3, -0.25) is 0 Å². The van der Waals surface area contributed by atoms with Crippen molar-refractivity contribution in [1.82, 2.24) is 0 Å². The molecule has 0 saturated carbocycles. The largest absolute Gasteiger partial charge is 0.399 e. The number of nitrogen functional groups attached to an aromatic ring is 1. The zero-order chi connectivity index (χ0) is 9.97. The van der Waals surface area contributed by atoms with Gasteiger partial charge in [0.05, 0.1) is 1.37 Å². The van der Waals surface area contributed by atoms with E-state index in [2.05, 4.69) is 0 Å². The maximum Gasteiger partial charge on any atom is 0.0651 e. The molecule has 0 heterocycles. The Labute approximate surface area is 79.2 Å². The van der Waals surface area contributed by atoms with Crippen molar-refractivity contribution in [2.45, 2.75) is 0 Å². The smallest absolute Gasteiger partial charge is 0.0651 e. The topological polar surface area (TPSA) is 26.0 Å². The fraction of sp³-hybridized carbons (Fsp3) is 0. The van der Waals surface area contributed by atoms with E-state index in [0.717, 1.165) is 11.1 Å². The normalized spacial score (nSPS) is 10.9. The molecule has 2 aromatic carbocycles. The van der Waals surface area contributed by atoms with Gasteiger partial charge in [0.25, 0.3) is 0 Å². The van der Waals surface area contributed by atoms with Crippen LogP contribution in [0.4, 0.5) is 5.69 Å². The zero-order valence-electron chi connectivity index (χ0n) is 8.20. The van der Waals surface area contributed by atoms with Crippen molar-refractivity contribution in [3.63, 3.8) is 0 Å². The summed E-state index contributed by atoms with van der Waals surface area (Å²) in [6.07, 6.45) is 0. The molecule has 13 heavy (non-hydrogen) atoms. The van der Waals surface area contributed by atoms with Crippen LogP contribution in [-0.4, -0.2) is 0 Å². The third kappa shape index (κ3) is 1.70. The molecule has 0 aliphatic carbocycles. The molecule has 2 rings (SSSR count). The highest BCUT2D eigenvalue weighted by Crippen LogP contribution is 2.20. The van der Waals surface area contributed by atoms with Crippen molar-refractivity contribution in [1.29, 1.82) is 0 Å². The van der Waals surface area contributed by atoms with Crippen LogP contribution in [0.1, 0.15) is 1.37 Å². The van der Waals surface area contributed by atoms with Crippen LogP contribution in [0.2, 0.25) is 0 Å². The van der Waals surface area contributed by atoms with E-state index in [4.69, 9.17) is 7.10 Å². The SMILES string of the molecule is [2H]c1c(N)cccc1-c1ccccc1. The minimum absolute atomic E-state index is 0.402. The monoisotopic (exact) mass is 170 g/mol. The van der Waals surface area contributed by atoms with E-state index in [0.29, 0.717) is 11.7 Å². The number of benzene rings is 2. The van der Waals surface area contributed by atoms with Gasteiger partial charge in [-0.2, -0.15) is 0 Å². The van der Waals surface area contributed by atoms with Gasteiger partial charge in [0, 0.05) is 5.69 Å². The lowest BCUT2D eigenvalue weighted by atomic mass is 10.1. The molecule has 0 spiro atoms. The summed E-state index contributed by atoms with van der Waals surface area (Å²) in [5, 5.41) is 0. The van der Waals surface area contributed by atoms with Crippen molar-refractivity contribution < 1.29 is 1.37 Å². The number of anilines is 1. The lowest BCUT2D eigenvalue weighted by molar-refractivity contribution is 1.61. The summed E-state index contributed by atoms with van der Waals surface area (Å²) in [4.78, 5) is 0. The lowest BCUT2D eigenvalue weighted by Gasteiger charge is -2.01. The highest BCUT2D eigenvalue weighted by Gasteiger charge is 1.94. The standard InChI is InChI=1S/C12H11N/c13-12-8-4-7-11(9-12)10-5-2-1-3-6-10/h1-9H,13H2/i9D. The molecule has 1 heteroatoms. The van der Waals surface area contributed by atoms with Crippen molar-refractivity contribution in [2.24, 2.45) is 0 Å². The molecule has 0 atom stereocenters. The van der Waals surface area contributed by atoms with Gasteiger partial charge in [-0.05, 0) is 23.2 Å². The highest BCUT2D eigenvalue weighted by molar-refractivity contribution is 5.66. The van der Waals surface area contributed by atoms with Gasteiger partial charge in [-0.1, -0.05) is 42.5 Å². The Kier molecular flexibility index (Phi) is 1.71. The van der Waals surface area contributed by atoms with Gasteiger partial charge < -0.3 is 5.73 Å². The Hall–Kier alpha value is -1.76. The second kappa shape index (κ2) is 3.31. The molecule has 2 N–H and O–H groups in total. The molecule has 0 radical (unpaired) electrons. The van der Waals surface area contributed by atoms with Gasteiger partial charge in [0.2, 0.25) is 0 Å². The molecule has 0 fully saturated rings. The molecular formula is C12H11N. The summed E-state index contributed by atoms with van der Waals surface area (Å²) < 4.78 is 7.81. The Morgan fingerprint density at radius 1 is 0.846 bits per heavy atom. The molecule has 0 bridgehead atoms. The van der Waals surface area contributed by atoms with E-state index in [1.807, 2.05) is 42.5 Å². The summed E-state index contributed by atoms with van der Waals surface area (Å²) in [6.45, 7) is 0. The molecule has 1 nitrogen and oxygen atoms in total. The van der Waals surface area contributed by atoms with Gasteiger partial charge in [0.1, 0.15) is 0 Å². The molecule has 0 unspecified atom stereocenters. The minimum atomic E-state index is 0.402. The van der Waals surface area contributed by atoms with E-state index < -0.39 is 0 Å². The Morgan fingerprint density at radius 2 is 1.54 bits per heavy atom. The molecule has 0 amide bonds. The fourth-order valence-corrected chi connectivity index (χ4v) is 1.27. The molecule has 0 saturated heterocycles. The summed E-state index contributed by atoms with van der Waals surface area (Å²) in [6, 6.07) is 15.8. The first-order valence-corrected chi connectivity index (χ1v) is 4.19. The molecule has 64 valence electrons. The number of nitrogens with two attached hydrogens (primary N) is 1. The Morgan fingerprint density at radius 3 is 2.31 bits per heavy atom. The van der Waals surface area contributed by atoms with Crippen molar-refractivity contribution in [2.75, 3.05) is 5.73 Å². The predicted molar refractivity (Wildman–Crippen MR) is 56.3 cm³/mol. The van der Waals surface area contributed by atoms with E-state index >= 15 is 0 Å². The third-order valence-electron chi connectivity index (χ3n) is 1.90. The quantitative estimate of drug-likeness (QED) is 0.654. The van der Waals surface area contributed by atoms with E-state index in [1.165, 1.54) is 0 Å². The van der Waals surface area contributed by atoms with Crippen LogP contribution in [0.3, 0.4) is 0 Å². The van der Waals surface area contributed by atoms with E-state index in [9.17, 15) is 0 Å². The van der Waals surface area contributed by atoms with Crippen molar-refractivity contribution in [3.8, 4) is 11.1 Å². The van der Waals surface area contributed by atoms with Gasteiger partial charge in [-0.25, -0.2) is 0 Å². The average Bonchev–Trinajstić information content (AvgIpc) is 2.23. The Bertz CT molecular complexity index is 437. The third-order valence-corrected chi connectivity index (χ3v) is 1.90. The van der Waals surface area contributed by atoms with Crippen LogP contribution in [0.5, 0.6) is 0 Å². The van der Waals surface area contributed by atoms with Gasteiger partial charge in [-0.15, -0.1) is 0 Å². The average molecular weight is 170 g/mol. The summed E-state index contributed by atoms with van der Waals surface area (Å²) in [7, 11) is 0. The van der Waals surface area contributed by atoms with Crippen LogP contribution < -0.4 is 5.73 Å². The summed E-state index contributed by atoms with van der Waals surface area (Å²) in [5.41, 5.74) is 8.10. The number of hydrogen-bond donors (Lipinski definition) is 1. The lowest BCUT2D eigenvalue weighted by Crippen LogP contribution is -1.84. The van der Waals surface area contributed by atoms with Crippen LogP contribution in [0, 0.1) is 0 Å². The van der Waals surface area contributed by atoms with Gasteiger partial charge >= 0.3 is 0 Å². The number of rotatable bonds is 1. The highest BCUT2D eigenvalue weighted by atomic mass is 14.5. The molecule has 2 aromatic rings. The second-order valence-corrected chi connectivity index (χ2v) is 2.89. The van der Waals surface area contributed by atoms with Crippen LogP contribution in [0.15, 0.2) is 54.6 Å². The second-order valence-electron chi connectivity index (χ2n) is 2.89. The summed E-state index contributed by atoms with van der Waals surface area (Å²) >= 11 is 0. The van der Waals surface area contributed by atoms with Crippen molar-refractivity contribution in [3.05, 3.63) is 54.6 Å². The number of hydrogen-bond acceptors (Lipinski definition) is 1. The van der Waals surface area contributed by atoms with Crippen LogP contribution in [0.25, 0.3) is 11.1 Å². The first-order valence-electron chi connectivity index (χ1n) is 4.69. The van der Waals surface area contributed by atoms with Gasteiger partial charge in [0.15, 0.2) is 0 Å². The molecular weight excluding hydrogens is 158 g/mol. The maximum absolute atomic E-state index is 7.81.